The van der Waals surface area contributed by atoms with Crippen molar-refractivity contribution in [1.29, 1.82) is 0 Å². The van der Waals surface area contributed by atoms with Crippen LogP contribution < -0.4 is 10.6 Å². The maximum atomic E-state index is 12.0. The van der Waals surface area contributed by atoms with E-state index in [4.69, 9.17) is 9.97 Å². The van der Waals surface area contributed by atoms with Crippen LogP contribution in [0.15, 0.2) is 60.7 Å². The number of rotatable bonds is 8. The Labute approximate surface area is 208 Å². The number of amides is 2. The Morgan fingerprint density at radius 1 is 0.694 bits per heavy atom. The Bertz CT molecular complexity index is 1450. The number of nitrogens with zero attached hydrogens (tertiary/aromatic N) is 2. The van der Waals surface area contributed by atoms with Crippen LogP contribution in [0.1, 0.15) is 39.5 Å². The number of carbonyl (C=O) groups is 2. The van der Waals surface area contributed by atoms with Crippen molar-refractivity contribution in [2.45, 2.75) is 39.5 Å². The van der Waals surface area contributed by atoms with Crippen molar-refractivity contribution >= 4 is 45.3 Å². The molecule has 2 heterocycles. The SMILES string of the molecule is CCCC(=O)Nc1ccc2nc(-c3ccccc3-c3nc4ccc(NC(=O)CCC)cc4[nH]3)[nH]c2c1. The average molecular weight is 481 g/mol. The summed E-state index contributed by atoms with van der Waals surface area (Å²) < 4.78 is 0. The third-order valence-corrected chi connectivity index (χ3v) is 5.92. The minimum absolute atomic E-state index is 0.0000861. The van der Waals surface area contributed by atoms with Crippen molar-refractivity contribution in [1.82, 2.24) is 19.9 Å². The van der Waals surface area contributed by atoms with Gasteiger partial charge in [-0.25, -0.2) is 9.97 Å². The Morgan fingerprint density at radius 3 is 1.56 bits per heavy atom. The van der Waals surface area contributed by atoms with E-state index in [0.29, 0.717) is 24.5 Å². The highest BCUT2D eigenvalue weighted by Crippen LogP contribution is 2.32. The minimum Gasteiger partial charge on any atom is -0.338 e. The lowest BCUT2D eigenvalue weighted by atomic mass is 10.1. The molecule has 8 heteroatoms. The van der Waals surface area contributed by atoms with Gasteiger partial charge in [-0.1, -0.05) is 38.1 Å². The summed E-state index contributed by atoms with van der Waals surface area (Å²) in [6.45, 7) is 3.96. The third-order valence-electron chi connectivity index (χ3n) is 5.92. The van der Waals surface area contributed by atoms with Crippen LogP contribution in [0.5, 0.6) is 0 Å². The first-order valence-electron chi connectivity index (χ1n) is 12.2. The Hall–Kier alpha value is -4.46. The van der Waals surface area contributed by atoms with Gasteiger partial charge in [-0.2, -0.15) is 0 Å². The lowest BCUT2D eigenvalue weighted by Gasteiger charge is -2.04. The molecule has 5 aromatic rings. The molecular formula is C28H28N6O2. The fourth-order valence-corrected chi connectivity index (χ4v) is 4.23. The van der Waals surface area contributed by atoms with E-state index < -0.39 is 0 Å². The van der Waals surface area contributed by atoms with E-state index in [0.717, 1.165) is 57.4 Å². The minimum atomic E-state index is -0.0000861. The first-order chi connectivity index (χ1) is 17.5. The summed E-state index contributed by atoms with van der Waals surface area (Å²) in [5.41, 5.74) is 6.58. The number of carbonyl (C=O) groups excluding carboxylic acids is 2. The van der Waals surface area contributed by atoms with Crippen LogP contribution in [0, 0.1) is 0 Å². The van der Waals surface area contributed by atoms with Crippen molar-refractivity contribution < 1.29 is 9.59 Å². The summed E-state index contributed by atoms with van der Waals surface area (Å²) in [4.78, 5) is 40.3. The number of hydrogen-bond donors (Lipinski definition) is 4. The monoisotopic (exact) mass is 480 g/mol. The van der Waals surface area contributed by atoms with Gasteiger partial charge < -0.3 is 20.6 Å². The number of anilines is 2. The zero-order valence-corrected chi connectivity index (χ0v) is 20.3. The Kier molecular flexibility index (Phi) is 6.49. The molecule has 0 saturated carbocycles. The molecule has 36 heavy (non-hydrogen) atoms. The van der Waals surface area contributed by atoms with Crippen LogP contribution in [0.2, 0.25) is 0 Å². The number of nitrogens with one attached hydrogen (secondary N) is 4. The molecule has 182 valence electrons. The predicted molar refractivity (Wildman–Crippen MR) is 144 cm³/mol. The quantitative estimate of drug-likeness (QED) is 0.210. The molecule has 0 bridgehead atoms. The van der Waals surface area contributed by atoms with Gasteiger partial charge in [-0.3, -0.25) is 9.59 Å². The van der Waals surface area contributed by atoms with E-state index in [1.165, 1.54) is 0 Å². The van der Waals surface area contributed by atoms with Crippen LogP contribution in [-0.2, 0) is 9.59 Å². The lowest BCUT2D eigenvalue weighted by molar-refractivity contribution is -0.117. The summed E-state index contributed by atoms with van der Waals surface area (Å²) in [6.07, 6.45) is 2.58. The van der Waals surface area contributed by atoms with Crippen LogP contribution >= 0.6 is 0 Å². The zero-order chi connectivity index (χ0) is 25.1. The van der Waals surface area contributed by atoms with E-state index in [1.807, 2.05) is 74.5 Å². The van der Waals surface area contributed by atoms with Gasteiger partial charge in [0.05, 0.1) is 22.1 Å². The maximum absolute atomic E-state index is 12.0. The number of hydrogen-bond acceptors (Lipinski definition) is 4. The molecule has 5 rings (SSSR count). The smallest absolute Gasteiger partial charge is 0.224 e. The molecule has 0 aliphatic rings. The molecule has 0 radical (unpaired) electrons. The van der Waals surface area contributed by atoms with E-state index >= 15 is 0 Å². The standard InChI is InChI=1S/C28H28N6O2/c1-3-7-25(35)29-17-11-13-21-23(15-17)33-27(31-21)19-9-5-6-10-20(19)28-32-22-14-12-18(16-24(22)34-28)30-26(36)8-4-2/h5-6,9-16H,3-4,7-8H2,1-2H3,(H,29,35)(H,30,36)(H,31,33)(H,32,34). The van der Waals surface area contributed by atoms with Gasteiger partial charge >= 0.3 is 0 Å². The van der Waals surface area contributed by atoms with Gasteiger partial charge in [-0.15, -0.1) is 0 Å². The molecule has 0 unspecified atom stereocenters. The molecular weight excluding hydrogens is 452 g/mol. The topological polar surface area (TPSA) is 116 Å². The summed E-state index contributed by atoms with van der Waals surface area (Å²) in [5.74, 6) is 1.43. The van der Waals surface area contributed by atoms with Gasteiger partial charge in [0.2, 0.25) is 11.8 Å². The van der Waals surface area contributed by atoms with Crippen molar-refractivity contribution in [2.24, 2.45) is 0 Å². The van der Waals surface area contributed by atoms with Gasteiger partial charge in [0.25, 0.3) is 0 Å². The molecule has 0 atom stereocenters. The first kappa shape index (κ1) is 23.3. The van der Waals surface area contributed by atoms with Crippen LogP contribution in [0.3, 0.4) is 0 Å². The van der Waals surface area contributed by atoms with Gasteiger partial charge in [0.1, 0.15) is 11.6 Å². The Morgan fingerprint density at radius 2 is 1.14 bits per heavy atom. The molecule has 2 amide bonds. The molecule has 0 saturated heterocycles. The summed E-state index contributed by atoms with van der Waals surface area (Å²) in [6, 6.07) is 19.3. The lowest BCUT2D eigenvalue weighted by Crippen LogP contribution is -2.10. The summed E-state index contributed by atoms with van der Waals surface area (Å²) in [7, 11) is 0. The highest BCUT2D eigenvalue weighted by molar-refractivity contribution is 5.95. The number of H-pyrrole nitrogens is 2. The summed E-state index contributed by atoms with van der Waals surface area (Å²) in [5, 5.41) is 5.86. The van der Waals surface area contributed by atoms with Gasteiger partial charge in [0.15, 0.2) is 0 Å². The normalized spacial score (nSPS) is 11.2. The first-order valence-corrected chi connectivity index (χ1v) is 12.2. The Balaban J connectivity index is 1.47. The van der Waals surface area contributed by atoms with E-state index in [9.17, 15) is 9.59 Å². The maximum Gasteiger partial charge on any atom is 0.224 e. The second-order valence-corrected chi connectivity index (χ2v) is 8.78. The average Bonchev–Trinajstić information content (AvgIpc) is 3.48. The molecule has 0 aliphatic carbocycles. The predicted octanol–water partition coefficient (Wildman–Crippen LogP) is 6.25. The van der Waals surface area contributed by atoms with E-state index in [1.54, 1.807) is 0 Å². The third kappa shape index (κ3) is 4.84. The molecule has 0 aliphatic heterocycles. The van der Waals surface area contributed by atoms with Crippen LogP contribution in [0.25, 0.3) is 44.8 Å². The fourth-order valence-electron chi connectivity index (χ4n) is 4.23. The van der Waals surface area contributed by atoms with Crippen LogP contribution in [-0.4, -0.2) is 31.8 Å². The molecule has 3 aromatic carbocycles. The second-order valence-electron chi connectivity index (χ2n) is 8.78. The van der Waals surface area contributed by atoms with Crippen molar-refractivity contribution in [3.05, 3.63) is 60.7 Å². The molecule has 0 spiro atoms. The largest absolute Gasteiger partial charge is 0.338 e. The number of imidazole rings is 2. The van der Waals surface area contributed by atoms with Gasteiger partial charge in [-0.05, 0) is 49.2 Å². The number of aromatic amines is 2. The highest BCUT2D eigenvalue weighted by Gasteiger charge is 2.15. The van der Waals surface area contributed by atoms with E-state index in [2.05, 4.69) is 20.6 Å². The van der Waals surface area contributed by atoms with Gasteiger partial charge in [0, 0.05) is 35.3 Å². The van der Waals surface area contributed by atoms with Crippen molar-refractivity contribution in [3.8, 4) is 22.8 Å². The number of benzene rings is 3. The van der Waals surface area contributed by atoms with Crippen molar-refractivity contribution in [2.75, 3.05) is 10.6 Å². The molecule has 8 nitrogen and oxygen atoms in total. The van der Waals surface area contributed by atoms with Crippen molar-refractivity contribution in [3.63, 3.8) is 0 Å². The number of fused-ring (bicyclic) bond motifs is 2. The highest BCUT2D eigenvalue weighted by atomic mass is 16.2. The summed E-state index contributed by atoms with van der Waals surface area (Å²) >= 11 is 0. The second kappa shape index (κ2) is 10.0. The molecule has 2 aromatic heterocycles. The fraction of sp³-hybridized carbons (Fsp3) is 0.214. The van der Waals surface area contributed by atoms with Crippen LogP contribution in [0.4, 0.5) is 11.4 Å². The molecule has 4 N–H and O–H groups in total. The van der Waals surface area contributed by atoms with E-state index in [-0.39, 0.29) is 11.8 Å². The molecule has 0 fully saturated rings. The number of aromatic nitrogens is 4. The zero-order valence-electron chi connectivity index (χ0n) is 20.3.